The molecule has 0 aromatic carbocycles. The Bertz CT molecular complexity index is 251. The van der Waals surface area contributed by atoms with Crippen LogP contribution in [-0.4, -0.2) is 49.3 Å². The molecule has 1 unspecified atom stereocenters. The van der Waals surface area contributed by atoms with E-state index in [2.05, 4.69) is 24.1 Å². The van der Waals surface area contributed by atoms with Gasteiger partial charge in [-0.2, -0.15) is 0 Å². The van der Waals surface area contributed by atoms with Crippen molar-refractivity contribution in [3.8, 4) is 0 Å². The van der Waals surface area contributed by atoms with Crippen molar-refractivity contribution in [3.05, 3.63) is 0 Å². The second-order valence-corrected chi connectivity index (χ2v) is 6.33. The molecule has 0 bridgehead atoms. The number of nitrogens with zero attached hydrogens (tertiary/aromatic N) is 1. The summed E-state index contributed by atoms with van der Waals surface area (Å²) in [6.45, 7) is 9.90. The maximum Gasteiger partial charge on any atom is 0.0593 e. The lowest BCUT2D eigenvalue weighted by Crippen LogP contribution is -2.63. The highest BCUT2D eigenvalue weighted by Gasteiger charge is 2.42. The Labute approximate surface area is 119 Å². The first-order valence-electron chi connectivity index (χ1n) is 8.37. The highest BCUT2D eigenvalue weighted by molar-refractivity contribution is 5.01. The number of hydrogen-bond donors (Lipinski definition) is 1. The molecule has 1 saturated carbocycles. The van der Waals surface area contributed by atoms with Gasteiger partial charge in [-0.15, -0.1) is 0 Å². The van der Waals surface area contributed by atoms with Crippen LogP contribution in [0.4, 0.5) is 0 Å². The molecule has 2 aliphatic rings. The molecule has 3 nitrogen and oxygen atoms in total. The summed E-state index contributed by atoms with van der Waals surface area (Å²) < 4.78 is 5.79. The Morgan fingerprint density at radius 3 is 2.68 bits per heavy atom. The van der Waals surface area contributed by atoms with Crippen molar-refractivity contribution in [2.24, 2.45) is 0 Å². The number of rotatable bonds is 7. The molecule has 2 fully saturated rings. The zero-order chi connectivity index (χ0) is 13.6. The maximum absolute atomic E-state index is 5.79. The minimum atomic E-state index is 0.458. The SMILES string of the molecule is CCCCOCCN1CC(CC)NCC12CCCC2. The standard InChI is InChI=1S/C16H32N2O/c1-3-5-11-19-12-10-18-13-15(4-2)17-14-16(18)8-6-7-9-16/h15,17H,3-14H2,1-2H3. The van der Waals surface area contributed by atoms with Crippen LogP contribution in [0.25, 0.3) is 0 Å². The molecule has 1 aliphatic carbocycles. The van der Waals surface area contributed by atoms with E-state index in [0.717, 1.165) is 19.8 Å². The van der Waals surface area contributed by atoms with Gasteiger partial charge in [-0.25, -0.2) is 0 Å². The minimum absolute atomic E-state index is 0.458. The van der Waals surface area contributed by atoms with Crippen LogP contribution in [-0.2, 0) is 4.74 Å². The van der Waals surface area contributed by atoms with E-state index in [-0.39, 0.29) is 0 Å². The smallest absolute Gasteiger partial charge is 0.0593 e. The molecule has 0 amide bonds. The first-order valence-corrected chi connectivity index (χ1v) is 8.37. The normalized spacial score (nSPS) is 27.2. The molecule has 1 aliphatic heterocycles. The van der Waals surface area contributed by atoms with E-state index in [4.69, 9.17) is 4.74 Å². The lowest BCUT2D eigenvalue weighted by atomic mass is 9.90. The van der Waals surface area contributed by atoms with E-state index in [9.17, 15) is 0 Å². The van der Waals surface area contributed by atoms with Crippen molar-refractivity contribution in [1.82, 2.24) is 10.2 Å². The summed E-state index contributed by atoms with van der Waals surface area (Å²) in [5.41, 5.74) is 0.458. The molecular formula is C16H32N2O. The molecule has 1 N–H and O–H groups in total. The van der Waals surface area contributed by atoms with Crippen LogP contribution in [0.5, 0.6) is 0 Å². The van der Waals surface area contributed by atoms with Gasteiger partial charge in [0.15, 0.2) is 0 Å². The predicted octanol–water partition coefficient (Wildman–Crippen LogP) is 2.80. The van der Waals surface area contributed by atoms with Gasteiger partial charge in [0.25, 0.3) is 0 Å². The van der Waals surface area contributed by atoms with Gasteiger partial charge in [-0.1, -0.05) is 33.1 Å². The molecule has 0 aromatic heterocycles. The molecular weight excluding hydrogens is 236 g/mol. The average molecular weight is 268 g/mol. The van der Waals surface area contributed by atoms with E-state index in [1.54, 1.807) is 0 Å². The van der Waals surface area contributed by atoms with Crippen molar-refractivity contribution < 1.29 is 4.74 Å². The summed E-state index contributed by atoms with van der Waals surface area (Å²) >= 11 is 0. The fourth-order valence-corrected chi connectivity index (χ4v) is 3.62. The fraction of sp³-hybridized carbons (Fsp3) is 1.00. The third-order valence-corrected chi connectivity index (χ3v) is 5.01. The van der Waals surface area contributed by atoms with Gasteiger partial charge in [-0.3, -0.25) is 4.90 Å². The van der Waals surface area contributed by atoms with Gasteiger partial charge in [0, 0.05) is 37.8 Å². The molecule has 2 rings (SSSR count). The van der Waals surface area contributed by atoms with E-state index >= 15 is 0 Å². The average Bonchev–Trinajstić information content (AvgIpc) is 2.90. The van der Waals surface area contributed by atoms with Crippen LogP contribution in [0.3, 0.4) is 0 Å². The maximum atomic E-state index is 5.79. The Morgan fingerprint density at radius 2 is 2.00 bits per heavy atom. The Morgan fingerprint density at radius 1 is 1.21 bits per heavy atom. The van der Waals surface area contributed by atoms with Crippen LogP contribution < -0.4 is 5.32 Å². The Balaban J connectivity index is 1.81. The van der Waals surface area contributed by atoms with Crippen LogP contribution >= 0.6 is 0 Å². The summed E-state index contributed by atoms with van der Waals surface area (Å²) in [6.07, 6.45) is 9.25. The first-order chi connectivity index (χ1) is 9.30. The van der Waals surface area contributed by atoms with Gasteiger partial charge in [-0.05, 0) is 25.7 Å². The topological polar surface area (TPSA) is 24.5 Å². The van der Waals surface area contributed by atoms with Crippen LogP contribution in [0.2, 0.25) is 0 Å². The number of hydrogen-bond acceptors (Lipinski definition) is 3. The summed E-state index contributed by atoms with van der Waals surface area (Å²) in [6, 6.07) is 0.682. The summed E-state index contributed by atoms with van der Waals surface area (Å²) in [4.78, 5) is 2.75. The van der Waals surface area contributed by atoms with E-state index in [0.29, 0.717) is 11.6 Å². The third kappa shape index (κ3) is 3.93. The molecule has 0 radical (unpaired) electrons. The number of unbranched alkanes of at least 4 members (excludes halogenated alkanes) is 1. The van der Waals surface area contributed by atoms with Gasteiger partial charge in [0.05, 0.1) is 6.61 Å². The fourth-order valence-electron chi connectivity index (χ4n) is 3.62. The number of nitrogens with one attached hydrogen (secondary N) is 1. The molecule has 19 heavy (non-hydrogen) atoms. The monoisotopic (exact) mass is 268 g/mol. The third-order valence-electron chi connectivity index (χ3n) is 5.01. The molecule has 1 saturated heterocycles. The molecule has 1 atom stereocenters. The summed E-state index contributed by atoms with van der Waals surface area (Å²) in [5.74, 6) is 0. The van der Waals surface area contributed by atoms with E-state index < -0.39 is 0 Å². The second kappa shape index (κ2) is 7.61. The highest BCUT2D eigenvalue weighted by atomic mass is 16.5. The zero-order valence-corrected chi connectivity index (χ0v) is 12.9. The van der Waals surface area contributed by atoms with Crippen molar-refractivity contribution in [1.29, 1.82) is 0 Å². The van der Waals surface area contributed by atoms with Crippen LogP contribution in [0.15, 0.2) is 0 Å². The highest BCUT2D eigenvalue weighted by Crippen LogP contribution is 2.36. The quantitative estimate of drug-likeness (QED) is 0.719. The molecule has 3 heteroatoms. The van der Waals surface area contributed by atoms with Crippen molar-refractivity contribution >= 4 is 0 Å². The largest absolute Gasteiger partial charge is 0.380 e. The van der Waals surface area contributed by atoms with Crippen LogP contribution in [0.1, 0.15) is 58.8 Å². The van der Waals surface area contributed by atoms with Crippen molar-refractivity contribution in [2.75, 3.05) is 32.8 Å². The Hall–Kier alpha value is -0.120. The Kier molecular flexibility index (Phi) is 6.11. The summed E-state index contributed by atoms with van der Waals surface area (Å²) in [5, 5.41) is 3.76. The lowest BCUT2D eigenvalue weighted by molar-refractivity contribution is 0.0119. The molecule has 1 heterocycles. The van der Waals surface area contributed by atoms with Crippen molar-refractivity contribution in [3.63, 3.8) is 0 Å². The van der Waals surface area contributed by atoms with Gasteiger partial charge in [0.1, 0.15) is 0 Å². The molecule has 112 valence electrons. The second-order valence-electron chi connectivity index (χ2n) is 6.33. The molecule has 1 spiro atoms. The minimum Gasteiger partial charge on any atom is -0.380 e. The van der Waals surface area contributed by atoms with Gasteiger partial charge >= 0.3 is 0 Å². The molecule has 0 aromatic rings. The summed E-state index contributed by atoms with van der Waals surface area (Å²) in [7, 11) is 0. The van der Waals surface area contributed by atoms with Crippen LogP contribution in [0, 0.1) is 0 Å². The zero-order valence-electron chi connectivity index (χ0n) is 12.9. The van der Waals surface area contributed by atoms with E-state index in [1.165, 1.54) is 58.0 Å². The van der Waals surface area contributed by atoms with Gasteiger partial charge < -0.3 is 10.1 Å². The van der Waals surface area contributed by atoms with E-state index in [1.807, 2.05) is 0 Å². The number of ether oxygens (including phenoxy) is 1. The predicted molar refractivity (Wildman–Crippen MR) is 80.6 cm³/mol. The lowest BCUT2D eigenvalue weighted by Gasteiger charge is -2.48. The first kappa shape index (κ1) is 15.3. The number of piperazine rings is 1. The van der Waals surface area contributed by atoms with Gasteiger partial charge in [0.2, 0.25) is 0 Å². The van der Waals surface area contributed by atoms with Crippen molar-refractivity contribution in [2.45, 2.75) is 70.4 Å².